The largest absolute Gasteiger partial charge is 0.416 e. The molecule has 0 aliphatic rings. The van der Waals surface area contributed by atoms with Crippen molar-refractivity contribution in [3.05, 3.63) is 106 Å². The van der Waals surface area contributed by atoms with E-state index in [2.05, 4.69) is 15.3 Å². The van der Waals surface area contributed by atoms with Crippen LogP contribution >= 0.6 is 22.7 Å². The smallest absolute Gasteiger partial charge is 0.375 e. The molecule has 5 rings (SSSR count). The number of halogens is 8. The topological polar surface area (TPSA) is 149 Å². The summed E-state index contributed by atoms with van der Waals surface area (Å²) in [7, 11) is 0. The number of hydrogen-bond donors (Lipinski definition) is 2. The van der Waals surface area contributed by atoms with E-state index in [4.69, 9.17) is 24.9 Å². The summed E-state index contributed by atoms with van der Waals surface area (Å²) in [6, 6.07) is 12.8. The molecule has 9 nitrogen and oxygen atoms in total. The van der Waals surface area contributed by atoms with E-state index in [-0.39, 0.29) is 23.0 Å². The standard InChI is InChI=1S/C18H11F5N2OS.C11H9F3N2S.2CO2/c1-9-15(10-4-2-5-11(8-10)18(21,22)23)27-17(24-9)25-16(26)14-12(19)6-3-7-13(14)20;1-6-9(17-10(15)16-6)7-3-2-4-8(5-7)11(12,13)14;2*2-1-3/h2-8H,1H3,(H,24,25,26);2-5H,1H3,(H2,15,16);;. The van der Waals surface area contributed by atoms with Gasteiger partial charge in [0, 0.05) is 0 Å². The molecule has 0 spiro atoms. The second-order valence-electron chi connectivity index (χ2n) is 9.27. The molecule has 3 N–H and O–H groups in total. The average Bonchev–Trinajstić information content (AvgIpc) is 3.57. The number of alkyl halides is 6. The normalized spacial score (nSPS) is 10.5. The van der Waals surface area contributed by atoms with Crippen LogP contribution in [0.25, 0.3) is 20.9 Å². The third-order valence-corrected chi connectivity index (χ3v) is 8.08. The van der Waals surface area contributed by atoms with Crippen LogP contribution in [0.5, 0.6) is 0 Å². The molecule has 0 aliphatic carbocycles. The highest BCUT2D eigenvalue weighted by molar-refractivity contribution is 7.19. The molecule has 0 bridgehead atoms. The van der Waals surface area contributed by atoms with Crippen molar-refractivity contribution in [2.75, 3.05) is 11.1 Å². The number of aryl methyl sites for hydroxylation is 2. The van der Waals surface area contributed by atoms with Crippen molar-refractivity contribution in [2.45, 2.75) is 26.2 Å². The molecule has 0 unspecified atom stereocenters. The van der Waals surface area contributed by atoms with Gasteiger partial charge in [-0.15, -0.1) is 0 Å². The molecule has 2 aromatic heterocycles. The van der Waals surface area contributed by atoms with Gasteiger partial charge in [-0.1, -0.05) is 53.0 Å². The quantitative estimate of drug-likeness (QED) is 0.175. The number of nitrogens with two attached hydrogens (primary N) is 1. The molecule has 50 heavy (non-hydrogen) atoms. The minimum absolute atomic E-state index is 0.0209. The zero-order chi connectivity index (χ0) is 37.8. The summed E-state index contributed by atoms with van der Waals surface area (Å²) >= 11 is 2.10. The lowest BCUT2D eigenvalue weighted by atomic mass is 10.1. The summed E-state index contributed by atoms with van der Waals surface area (Å²) in [5, 5.41) is 2.66. The van der Waals surface area contributed by atoms with Gasteiger partial charge in [-0.25, -0.2) is 18.7 Å². The zero-order valence-corrected chi connectivity index (χ0v) is 26.8. The first-order valence-electron chi connectivity index (χ1n) is 13.2. The number of hydrogen-bond acceptors (Lipinski definition) is 10. The van der Waals surface area contributed by atoms with Crippen molar-refractivity contribution in [3.8, 4) is 20.9 Å². The van der Waals surface area contributed by atoms with Crippen molar-refractivity contribution >= 4 is 51.1 Å². The van der Waals surface area contributed by atoms with Crippen LogP contribution in [0, 0.1) is 25.5 Å². The molecule has 0 radical (unpaired) electrons. The maximum absolute atomic E-state index is 13.7. The van der Waals surface area contributed by atoms with Gasteiger partial charge >= 0.3 is 24.7 Å². The van der Waals surface area contributed by atoms with Gasteiger partial charge in [0.2, 0.25) is 0 Å². The molecule has 0 saturated carbocycles. The number of benzene rings is 3. The fourth-order valence-electron chi connectivity index (χ4n) is 3.95. The van der Waals surface area contributed by atoms with Gasteiger partial charge in [0.05, 0.1) is 32.3 Å². The van der Waals surface area contributed by atoms with Gasteiger partial charge in [-0.3, -0.25) is 10.1 Å². The zero-order valence-electron chi connectivity index (χ0n) is 25.2. The molecule has 2 heterocycles. The van der Waals surface area contributed by atoms with E-state index in [1.165, 1.54) is 29.5 Å². The van der Waals surface area contributed by atoms with E-state index >= 15 is 0 Å². The summed E-state index contributed by atoms with van der Waals surface area (Å²) in [4.78, 5) is 53.8. The number of amides is 1. The molecule has 1 amide bonds. The fourth-order valence-corrected chi connectivity index (χ4v) is 5.74. The molecule has 0 fully saturated rings. The highest BCUT2D eigenvalue weighted by atomic mass is 32.1. The van der Waals surface area contributed by atoms with E-state index in [0.717, 1.165) is 53.8 Å². The van der Waals surface area contributed by atoms with Crippen molar-refractivity contribution in [3.63, 3.8) is 0 Å². The lowest BCUT2D eigenvalue weighted by Gasteiger charge is -2.08. The molecule has 0 aliphatic heterocycles. The molecular weight excluding hydrogens is 724 g/mol. The van der Waals surface area contributed by atoms with Crippen LogP contribution in [0.3, 0.4) is 0 Å². The lowest BCUT2D eigenvalue weighted by Crippen LogP contribution is -2.15. The number of anilines is 2. The van der Waals surface area contributed by atoms with Crippen LogP contribution in [0.4, 0.5) is 45.4 Å². The number of carbonyl (C=O) groups is 1. The van der Waals surface area contributed by atoms with Crippen LogP contribution in [0.1, 0.15) is 32.9 Å². The predicted octanol–water partition coefficient (Wildman–Crippen LogP) is 8.22. The molecule has 0 atom stereocenters. The summed E-state index contributed by atoms with van der Waals surface area (Å²) in [6.07, 6.45) is -8.33. The summed E-state index contributed by atoms with van der Waals surface area (Å²) in [5.41, 5.74) is 5.08. The summed E-state index contributed by atoms with van der Waals surface area (Å²) < 4.78 is 104. The number of thiazole rings is 2. The van der Waals surface area contributed by atoms with Crippen LogP contribution in [0.15, 0.2) is 66.7 Å². The van der Waals surface area contributed by atoms with E-state index in [1.54, 1.807) is 19.9 Å². The van der Waals surface area contributed by atoms with Crippen molar-refractivity contribution in [1.29, 1.82) is 0 Å². The Morgan fingerprint density at radius 1 is 0.700 bits per heavy atom. The first-order chi connectivity index (χ1) is 23.4. The molecule has 0 saturated heterocycles. The van der Waals surface area contributed by atoms with Gasteiger partial charge in [-0.05, 0) is 61.4 Å². The number of nitrogen functional groups attached to an aromatic ring is 1. The lowest BCUT2D eigenvalue weighted by molar-refractivity contribution is -0.193. The number of nitrogens with one attached hydrogen (secondary N) is 1. The Labute approximate surface area is 284 Å². The Kier molecular flexibility index (Phi) is 14.4. The second kappa shape index (κ2) is 17.7. The summed E-state index contributed by atoms with van der Waals surface area (Å²) in [6.45, 7) is 3.29. The fraction of sp³-hybridized carbons (Fsp3) is 0.129. The van der Waals surface area contributed by atoms with E-state index < -0.39 is 46.6 Å². The van der Waals surface area contributed by atoms with Gasteiger partial charge in [-0.2, -0.15) is 45.5 Å². The number of rotatable bonds is 4. The number of aromatic nitrogens is 2. The monoisotopic (exact) mass is 744 g/mol. The number of nitrogens with zero attached hydrogens (tertiary/aromatic N) is 2. The van der Waals surface area contributed by atoms with Crippen LogP contribution in [0.2, 0.25) is 0 Å². The van der Waals surface area contributed by atoms with Crippen molar-refractivity contribution in [2.24, 2.45) is 0 Å². The summed E-state index contributed by atoms with van der Waals surface area (Å²) in [5.74, 6) is -3.09. The van der Waals surface area contributed by atoms with Gasteiger partial charge < -0.3 is 5.73 Å². The molecular formula is C31H20F8N4O5S2. The highest BCUT2D eigenvalue weighted by Crippen LogP contribution is 2.38. The maximum Gasteiger partial charge on any atom is 0.416 e. The van der Waals surface area contributed by atoms with E-state index in [1.807, 2.05) is 0 Å². The SMILES string of the molecule is Cc1nc(N)sc1-c1cccc(C(F)(F)F)c1.Cc1nc(NC(=O)c2c(F)cccc2F)sc1-c1cccc(C(F)(F)F)c1.O=C=O.O=C=O. The van der Waals surface area contributed by atoms with Crippen molar-refractivity contribution in [1.82, 2.24) is 9.97 Å². The minimum Gasteiger partial charge on any atom is -0.375 e. The maximum atomic E-state index is 13.7. The third kappa shape index (κ3) is 11.2. The Bertz CT molecular complexity index is 1980. The highest BCUT2D eigenvalue weighted by Gasteiger charge is 2.31. The Morgan fingerprint density at radius 2 is 1.10 bits per heavy atom. The molecule has 5 aromatic rings. The van der Waals surface area contributed by atoms with Crippen LogP contribution < -0.4 is 11.1 Å². The van der Waals surface area contributed by atoms with Crippen molar-refractivity contribution < 1.29 is 59.1 Å². The van der Waals surface area contributed by atoms with Crippen LogP contribution in [-0.4, -0.2) is 28.2 Å². The minimum atomic E-state index is -4.49. The van der Waals surface area contributed by atoms with Gasteiger partial charge in [0.15, 0.2) is 10.3 Å². The van der Waals surface area contributed by atoms with E-state index in [9.17, 15) is 39.9 Å². The molecule has 262 valence electrons. The first kappa shape index (κ1) is 40.6. The number of carbonyl (C=O) groups excluding carboxylic acids is 5. The molecule has 19 heteroatoms. The van der Waals surface area contributed by atoms with Gasteiger partial charge in [0.25, 0.3) is 5.91 Å². The predicted molar refractivity (Wildman–Crippen MR) is 163 cm³/mol. The molecule has 3 aromatic carbocycles. The Balaban J connectivity index is 0.000000322. The van der Waals surface area contributed by atoms with E-state index in [0.29, 0.717) is 31.8 Å². The first-order valence-corrected chi connectivity index (χ1v) is 14.8. The second-order valence-corrected chi connectivity index (χ2v) is 11.3. The van der Waals surface area contributed by atoms with Crippen LogP contribution in [-0.2, 0) is 31.5 Å². The van der Waals surface area contributed by atoms with Gasteiger partial charge in [0.1, 0.15) is 17.2 Å². The third-order valence-electron chi connectivity index (χ3n) is 5.92. The Hall–Kier alpha value is -5.61. The average molecular weight is 745 g/mol. The Morgan fingerprint density at radius 3 is 1.50 bits per heavy atom.